The Balaban J connectivity index is 1.98. The average Bonchev–Trinajstić information content (AvgIpc) is 3.13. The van der Waals surface area contributed by atoms with E-state index in [0.29, 0.717) is 6.54 Å². The smallest absolute Gasteiger partial charge is 0.217 e. The largest absolute Gasteiger partial charge is 0.497 e. The Morgan fingerprint density at radius 2 is 2.09 bits per heavy atom. The SMILES string of the molecule is COc1ccc2c(c1)sc1nnc(-c3cccc(CN)c3)n12. The zero-order valence-corrected chi connectivity index (χ0v) is 12.8. The first-order chi connectivity index (χ1) is 10.8. The molecule has 0 spiro atoms. The lowest BCUT2D eigenvalue weighted by Crippen LogP contribution is -1.96. The van der Waals surface area contributed by atoms with E-state index in [1.54, 1.807) is 18.4 Å². The van der Waals surface area contributed by atoms with Gasteiger partial charge in [0.25, 0.3) is 0 Å². The van der Waals surface area contributed by atoms with Crippen molar-refractivity contribution in [3.63, 3.8) is 0 Å². The molecule has 0 aliphatic rings. The fraction of sp³-hybridized carbons (Fsp3) is 0.125. The number of benzene rings is 2. The van der Waals surface area contributed by atoms with E-state index in [-0.39, 0.29) is 0 Å². The molecule has 4 aromatic rings. The van der Waals surface area contributed by atoms with Gasteiger partial charge in [-0.1, -0.05) is 29.5 Å². The van der Waals surface area contributed by atoms with Crippen molar-refractivity contribution >= 4 is 26.5 Å². The minimum absolute atomic E-state index is 0.511. The molecule has 2 N–H and O–H groups in total. The second-order valence-corrected chi connectivity index (χ2v) is 5.99. The molecule has 0 aliphatic carbocycles. The Labute approximate surface area is 131 Å². The third-order valence-corrected chi connectivity index (χ3v) is 4.66. The molecular weight excluding hydrogens is 296 g/mol. The van der Waals surface area contributed by atoms with Crippen LogP contribution in [0.4, 0.5) is 0 Å². The van der Waals surface area contributed by atoms with Gasteiger partial charge in [-0.15, -0.1) is 10.2 Å². The number of ether oxygens (including phenoxy) is 1. The predicted octanol–water partition coefficient (Wildman–Crippen LogP) is 3.08. The van der Waals surface area contributed by atoms with E-state index >= 15 is 0 Å². The van der Waals surface area contributed by atoms with Gasteiger partial charge in [-0.2, -0.15) is 0 Å². The van der Waals surface area contributed by atoms with Gasteiger partial charge in [-0.3, -0.25) is 4.40 Å². The maximum atomic E-state index is 5.73. The fourth-order valence-electron chi connectivity index (χ4n) is 2.56. The quantitative estimate of drug-likeness (QED) is 0.631. The first-order valence-corrected chi connectivity index (χ1v) is 7.73. The highest BCUT2D eigenvalue weighted by Crippen LogP contribution is 2.32. The molecule has 0 aliphatic heterocycles. The highest BCUT2D eigenvalue weighted by molar-refractivity contribution is 7.23. The summed E-state index contributed by atoms with van der Waals surface area (Å²) in [5, 5.41) is 8.65. The summed E-state index contributed by atoms with van der Waals surface area (Å²) in [4.78, 5) is 0.872. The standard InChI is InChI=1S/C16H14N4OS/c1-21-12-5-6-13-14(8-12)22-16-19-18-15(20(13)16)11-4-2-3-10(7-11)9-17/h2-8H,9,17H2,1H3. The molecule has 0 bridgehead atoms. The number of hydrogen-bond donors (Lipinski definition) is 1. The number of nitrogens with two attached hydrogens (primary N) is 1. The van der Waals surface area contributed by atoms with Crippen molar-refractivity contribution in [2.24, 2.45) is 5.73 Å². The Morgan fingerprint density at radius 3 is 2.91 bits per heavy atom. The summed E-state index contributed by atoms with van der Waals surface area (Å²) < 4.78 is 8.49. The lowest BCUT2D eigenvalue weighted by molar-refractivity contribution is 0.415. The lowest BCUT2D eigenvalue weighted by atomic mass is 10.1. The van der Waals surface area contributed by atoms with Crippen LogP contribution in [0.15, 0.2) is 42.5 Å². The molecule has 0 saturated carbocycles. The average molecular weight is 310 g/mol. The van der Waals surface area contributed by atoms with Crippen molar-refractivity contribution in [1.29, 1.82) is 0 Å². The highest BCUT2D eigenvalue weighted by atomic mass is 32.1. The molecule has 4 rings (SSSR count). The van der Waals surface area contributed by atoms with E-state index in [2.05, 4.69) is 20.7 Å². The van der Waals surface area contributed by atoms with E-state index in [1.807, 2.05) is 36.4 Å². The fourth-order valence-corrected chi connectivity index (χ4v) is 3.56. The van der Waals surface area contributed by atoms with Crippen LogP contribution in [0.1, 0.15) is 5.56 Å². The van der Waals surface area contributed by atoms with Gasteiger partial charge in [0, 0.05) is 12.1 Å². The third kappa shape index (κ3) is 1.96. The monoisotopic (exact) mass is 310 g/mol. The summed E-state index contributed by atoms with van der Waals surface area (Å²) >= 11 is 1.60. The van der Waals surface area contributed by atoms with Crippen LogP contribution < -0.4 is 10.5 Å². The van der Waals surface area contributed by atoms with Crippen LogP contribution in [0.2, 0.25) is 0 Å². The van der Waals surface area contributed by atoms with Gasteiger partial charge in [0.1, 0.15) is 5.75 Å². The molecule has 2 aromatic carbocycles. The zero-order chi connectivity index (χ0) is 15.1. The Hall–Kier alpha value is -2.44. The van der Waals surface area contributed by atoms with Crippen molar-refractivity contribution in [3.8, 4) is 17.1 Å². The summed E-state index contributed by atoms with van der Waals surface area (Å²) in [6.45, 7) is 0.511. The topological polar surface area (TPSA) is 65.4 Å². The molecule has 0 unspecified atom stereocenters. The number of thiazole rings is 1. The van der Waals surface area contributed by atoms with Crippen molar-refractivity contribution < 1.29 is 4.74 Å². The van der Waals surface area contributed by atoms with E-state index in [9.17, 15) is 0 Å². The summed E-state index contributed by atoms with van der Waals surface area (Å²) in [6.07, 6.45) is 0. The first kappa shape index (κ1) is 13.2. The Morgan fingerprint density at radius 1 is 1.18 bits per heavy atom. The van der Waals surface area contributed by atoms with Crippen molar-refractivity contribution in [2.45, 2.75) is 6.54 Å². The molecular formula is C16H14N4OS. The van der Waals surface area contributed by atoms with Crippen LogP contribution in [0.5, 0.6) is 5.75 Å². The van der Waals surface area contributed by atoms with Crippen LogP contribution in [0.25, 0.3) is 26.6 Å². The van der Waals surface area contributed by atoms with Gasteiger partial charge < -0.3 is 10.5 Å². The second kappa shape index (κ2) is 5.08. The lowest BCUT2D eigenvalue weighted by Gasteiger charge is -2.03. The number of hydrogen-bond acceptors (Lipinski definition) is 5. The maximum absolute atomic E-state index is 5.73. The summed E-state index contributed by atoms with van der Waals surface area (Å²) in [7, 11) is 1.67. The molecule has 5 nitrogen and oxygen atoms in total. The Bertz CT molecular complexity index is 973. The van der Waals surface area contributed by atoms with E-state index in [4.69, 9.17) is 10.5 Å². The molecule has 0 fully saturated rings. The molecule has 0 amide bonds. The van der Waals surface area contributed by atoms with Gasteiger partial charge in [-0.05, 0) is 29.8 Å². The van der Waals surface area contributed by atoms with Crippen LogP contribution in [-0.4, -0.2) is 21.7 Å². The van der Waals surface area contributed by atoms with Gasteiger partial charge in [0.15, 0.2) is 5.82 Å². The zero-order valence-electron chi connectivity index (χ0n) is 12.0. The number of methoxy groups -OCH3 is 1. The van der Waals surface area contributed by atoms with Crippen molar-refractivity contribution in [3.05, 3.63) is 48.0 Å². The number of nitrogens with zero attached hydrogens (tertiary/aromatic N) is 3. The van der Waals surface area contributed by atoms with Gasteiger partial charge in [0.2, 0.25) is 4.96 Å². The molecule has 6 heteroatoms. The summed E-state index contributed by atoms with van der Waals surface area (Å²) in [5.74, 6) is 1.68. The number of fused-ring (bicyclic) bond motifs is 3. The van der Waals surface area contributed by atoms with E-state index in [0.717, 1.165) is 37.9 Å². The van der Waals surface area contributed by atoms with E-state index < -0.39 is 0 Å². The summed E-state index contributed by atoms with van der Waals surface area (Å²) in [6, 6.07) is 14.1. The molecule has 2 aromatic heterocycles. The molecule has 110 valence electrons. The van der Waals surface area contributed by atoms with Crippen molar-refractivity contribution in [2.75, 3.05) is 7.11 Å². The molecule has 0 atom stereocenters. The molecule has 0 radical (unpaired) electrons. The molecule has 22 heavy (non-hydrogen) atoms. The molecule has 0 saturated heterocycles. The predicted molar refractivity (Wildman–Crippen MR) is 88.2 cm³/mol. The number of rotatable bonds is 3. The van der Waals surface area contributed by atoms with Crippen molar-refractivity contribution in [1.82, 2.24) is 14.6 Å². The van der Waals surface area contributed by atoms with Gasteiger partial charge >= 0.3 is 0 Å². The minimum atomic E-state index is 0.511. The van der Waals surface area contributed by atoms with Gasteiger partial charge in [0.05, 0.1) is 17.3 Å². The highest BCUT2D eigenvalue weighted by Gasteiger charge is 2.14. The second-order valence-electron chi connectivity index (χ2n) is 4.98. The molecule has 2 heterocycles. The number of aromatic nitrogens is 3. The minimum Gasteiger partial charge on any atom is -0.497 e. The third-order valence-electron chi connectivity index (χ3n) is 3.66. The van der Waals surface area contributed by atoms with Crippen LogP contribution in [-0.2, 0) is 6.54 Å². The van der Waals surface area contributed by atoms with Crippen LogP contribution >= 0.6 is 11.3 Å². The first-order valence-electron chi connectivity index (χ1n) is 6.91. The normalized spacial score (nSPS) is 11.4. The van der Waals surface area contributed by atoms with Crippen LogP contribution in [0.3, 0.4) is 0 Å². The van der Waals surface area contributed by atoms with Crippen LogP contribution in [0, 0.1) is 0 Å². The summed E-state index contributed by atoms with van der Waals surface area (Å²) in [5.41, 5.74) is 8.91. The van der Waals surface area contributed by atoms with Gasteiger partial charge in [-0.25, -0.2) is 0 Å². The van der Waals surface area contributed by atoms with E-state index in [1.165, 1.54) is 0 Å². The Kier molecular flexibility index (Phi) is 3.06. The maximum Gasteiger partial charge on any atom is 0.217 e.